The summed E-state index contributed by atoms with van der Waals surface area (Å²) in [5, 5.41) is 0. The van der Waals surface area contributed by atoms with E-state index in [1.165, 1.54) is 0 Å². The first-order chi connectivity index (χ1) is 8.78. The van der Waals surface area contributed by atoms with Gasteiger partial charge in [0.15, 0.2) is 0 Å². The highest BCUT2D eigenvalue weighted by Gasteiger charge is 2.42. The second-order valence-corrected chi connectivity index (χ2v) is 6.54. The molecule has 5 nitrogen and oxygen atoms in total. The average molecular weight is 268 g/mol. The maximum Gasteiger partial charge on any atom is 0.410 e. The normalized spacial score (nSPS) is 27.2. The summed E-state index contributed by atoms with van der Waals surface area (Å²) in [6.07, 6.45) is 1.62. The molecule has 0 saturated carbocycles. The highest BCUT2D eigenvalue weighted by Crippen LogP contribution is 2.32. The van der Waals surface area contributed by atoms with Crippen LogP contribution in [0.4, 0.5) is 4.79 Å². The van der Waals surface area contributed by atoms with Crippen molar-refractivity contribution in [2.75, 3.05) is 19.6 Å². The van der Waals surface area contributed by atoms with E-state index >= 15 is 0 Å². The average Bonchev–Trinajstić information content (AvgIpc) is 2.68. The summed E-state index contributed by atoms with van der Waals surface area (Å²) in [7, 11) is 0. The van der Waals surface area contributed by atoms with Gasteiger partial charge in [-0.05, 0) is 39.5 Å². The van der Waals surface area contributed by atoms with Gasteiger partial charge in [0, 0.05) is 32.6 Å². The summed E-state index contributed by atoms with van der Waals surface area (Å²) in [5.74, 6) is 0.541. The van der Waals surface area contributed by atoms with E-state index in [1.807, 2.05) is 30.6 Å². The molecule has 2 fully saturated rings. The lowest BCUT2D eigenvalue weighted by Crippen LogP contribution is -2.49. The number of hydrogen-bond donors (Lipinski definition) is 0. The van der Waals surface area contributed by atoms with Crippen molar-refractivity contribution in [3.63, 3.8) is 0 Å². The van der Waals surface area contributed by atoms with Crippen molar-refractivity contribution >= 4 is 12.0 Å². The largest absolute Gasteiger partial charge is 0.444 e. The van der Waals surface area contributed by atoms with Crippen LogP contribution in [0.25, 0.3) is 0 Å². The Balaban J connectivity index is 1.97. The lowest BCUT2D eigenvalue weighted by molar-refractivity contribution is -0.131. The molecule has 0 radical (unpaired) electrons. The molecule has 2 saturated heterocycles. The molecule has 19 heavy (non-hydrogen) atoms. The van der Waals surface area contributed by atoms with Crippen LogP contribution < -0.4 is 0 Å². The number of fused-ring (bicyclic) bond motifs is 1. The van der Waals surface area contributed by atoms with Crippen LogP contribution >= 0.6 is 0 Å². The van der Waals surface area contributed by atoms with E-state index in [-0.39, 0.29) is 18.0 Å². The third kappa shape index (κ3) is 3.19. The van der Waals surface area contributed by atoms with Crippen molar-refractivity contribution in [1.29, 1.82) is 0 Å². The molecule has 2 aliphatic heterocycles. The zero-order chi connectivity index (χ0) is 14.2. The van der Waals surface area contributed by atoms with Crippen molar-refractivity contribution in [2.24, 2.45) is 5.92 Å². The fraction of sp³-hybridized carbons (Fsp3) is 0.857. The first-order valence-corrected chi connectivity index (χ1v) is 7.03. The molecule has 2 amide bonds. The standard InChI is InChI=1S/C14H24N2O3/c1-10(17)15-7-6-12-11(9-15)5-8-16(12)13(18)19-14(2,3)4/h11-12H,5-9H2,1-4H3. The van der Waals surface area contributed by atoms with Crippen molar-refractivity contribution in [3.05, 3.63) is 0 Å². The predicted molar refractivity (Wildman–Crippen MR) is 71.7 cm³/mol. The second-order valence-electron chi connectivity index (χ2n) is 6.54. The van der Waals surface area contributed by atoms with Gasteiger partial charge in [-0.2, -0.15) is 0 Å². The predicted octanol–water partition coefficient (Wildman–Crippen LogP) is 1.86. The Labute approximate surface area is 114 Å². The third-order valence-electron chi connectivity index (χ3n) is 3.91. The molecule has 0 N–H and O–H groups in total. The first kappa shape index (κ1) is 14.2. The maximum atomic E-state index is 12.2. The lowest BCUT2D eigenvalue weighted by Gasteiger charge is -2.37. The van der Waals surface area contributed by atoms with E-state index in [1.54, 1.807) is 6.92 Å². The number of amides is 2. The molecule has 0 aromatic carbocycles. The Morgan fingerprint density at radius 1 is 1.16 bits per heavy atom. The number of piperidine rings is 1. The van der Waals surface area contributed by atoms with Crippen LogP contribution in [0, 0.1) is 5.92 Å². The Morgan fingerprint density at radius 3 is 2.42 bits per heavy atom. The summed E-state index contributed by atoms with van der Waals surface area (Å²) < 4.78 is 5.45. The molecule has 5 heteroatoms. The number of hydrogen-bond acceptors (Lipinski definition) is 3. The molecule has 0 aliphatic carbocycles. The molecule has 0 spiro atoms. The van der Waals surface area contributed by atoms with Crippen molar-refractivity contribution < 1.29 is 14.3 Å². The minimum absolute atomic E-state index is 0.133. The van der Waals surface area contributed by atoms with Gasteiger partial charge >= 0.3 is 6.09 Å². The van der Waals surface area contributed by atoms with Gasteiger partial charge in [-0.25, -0.2) is 4.79 Å². The minimum atomic E-state index is -0.449. The lowest BCUT2D eigenvalue weighted by atomic mass is 9.93. The van der Waals surface area contributed by atoms with Gasteiger partial charge in [0.1, 0.15) is 5.60 Å². The Hall–Kier alpha value is -1.26. The molecule has 2 rings (SSSR count). The highest BCUT2D eigenvalue weighted by molar-refractivity contribution is 5.73. The van der Waals surface area contributed by atoms with E-state index in [0.717, 1.165) is 32.5 Å². The summed E-state index contributed by atoms with van der Waals surface area (Å²) in [5.41, 5.74) is -0.449. The number of carbonyl (C=O) groups is 2. The third-order valence-corrected chi connectivity index (χ3v) is 3.91. The van der Waals surface area contributed by atoms with Gasteiger partial charge in [0.2, 0.25) is 5.91 Å². The molecule has 0 bridgehead atoms. The van der Waals surface area contributed by atoms with Crippen LogP contribution in [-0.2, 0) is 9.53 Å². The van der Waals surface area contributed by atoms with Gasteiger partial charge < -0.3 is 14.5 Å². The fourth-order valence-corrected chi connectivity index (χ4v) is 3.02. The van der Waals surface area contributed by atoms with Crippen LogP contribution in [0.5, 0.6) is 0 Å². The van der Waals surface area contributed by atoms with Crippen molar-refractivity contribution in [2.45, 2.75) is 52.2 Å². The summed E-state index contributed by atoms with van der Waals surface area (Å²) >= 11 is 0. The molecule has 2 atom stereocenters. The fourth-order valence-electron chi connectivity index (χ4n) is 3.02. The van der Waals surface area contributed by atoms with Gasteiger partial charge in [-0.1, -0.05) is 0 Å². The molecule has 108 valence electrons. The van der Waals surface area contributed by atoms with Crippen LogP contribution in [0.15, 0.2) is 0 Å². The highest BCUT2D eigenvalue weighted by atomic mass is 16.6. The second kappa shape index (κ2) is 5.02. The van der Waals surface area contributed by atoms with Gasteiger partial charge in [0.25, 0.3) is 0 Å². The zero-order valence-electron chi connectivity index (χ0n) is 12.3. The molecule has 2 aliphatic rings. The number of rotatable bonds is 0. The van der Waals surface area contributed by atoms with Crippen molar-refractivity contribution in [3.8, 4) is 0 Å². The van der Waals surface area contributed by atoms with Crippen LogP contribution in [-0.4, -0.2) is 53.1 Å². The van der Waals surface area contributed by atoms with E-state index < -0.39 is 5.60 Å². The minimum Gasteiger partial charge on any atom is -0.444 e. The van der Waals surface area contributed by atoms with Crippen LogP contribution in [0.3, 0.4) is 0 Å². The van der Waals surface area contributed by atoms with Crippen LogP contribution in [0.1, 0.15) is 40.5 Å². The molecule has 2 heterocycles. The topological polar surface area (TPSA) is 49.9 Å². The molecule has 2 unspecified atom stereocenters. The van der Waals surface area contributed by atoms with Crippen molar-refractivity contribution in [1.82, 2.24) is 9.80 Å². The van der Waals surface area contributed by atoms with E-state index in [9.17, 15) is 9.59 Å². The Bertz CT molecular complexity index is 375. The monoisotopic (exact) mass is 268 g/mol. The summed E-state index contributed by atoms with van der Waals surface area (Å²) in [6.45, 7) is 9.54. The molecule has 0 aromatic rings. The van der Waals surface area contributed by atoms with E-state index in [2.05, 4.69) is 0 Å². The SMILES string of the molecule is CC(=O)N1CCC2C(CCN2C(=O)OC(C)(C)C)C1. The first-order valence-electron chi connectivity index (χ1n) is 7.03. The number of carbonyl (C=O) groups excluding carboxylic acids is 2. The Morgan fingerprint density at radius 2 is 1.84 bits per heavy atom. The Kier molecular flexibility index (Phi) is 3.74. The number of ether oxygens (including phenoxy) is 1. The molecular formula is C14H24N2O3. The zero-order valence-corrected chi connectivity index (χ0v) is 12.3. The molecular weight excluding hydrogens is 244 g/mol. The van der Waals surface area contributed by atoms with E-state index in [0.29, 0.717) is 5.92 Å². The van der Waals surface area contributed by atoms with Gasteiger partial charge in [-0.3, -0.25) is 4.79 Å². The van der Waals surface area contributed by atoms with Crippen LogP contribution in [0.2, 0.25) is 0 Å². The summed E-state index contributed by atoms with van der Waals surface area (Å²) in [6, 6.07) is 0.241. The van der Waals surface area contributed by atoms with Gasteiger partial charge in [-0.15, -0.1) is 0 Å². The van der Waals surface area contributed by atoms with Gasteiger partial charge in [0.05, 0.1) is 0 Å². The smallest absolute Gasteiger partial charge is 0.410 e. The number of nitrogens with zero attached hydrogens (tertiary/aromatic N) is 2. The summed E-state index contributed by atoms with van der Waals surface area (Å²) in [4.78, 5) is 27.3. The number of likely N-dealkylation sites (tertiary alicyclic amines) is 2. The maximum absolute atomic E-state index is 12.2. The van der Waals surface area contributed by atoms with E-state index in [4.69, 9.17) is 4.74 Å². The molecule has 0 aromatic heterocycles. The quantitative estimate of drug-likeness (QED) is 0.674.